The molecule has 8 rings (SSSR count). The number of allylic oxidation sites excluding steroid dienone is 1. The standard InChI is InChI=1S/C52H88O17/c1-49(2)34-12-13-37-36-11-10-28(51(36,5)16-17-52(37,6)35(34)14-15-41(49)67-44-20-29(56)18-31(24-53)63-44)8-7-9-42(50(3,4)61)68-48-47(69-45-21-30(57)19-32(25-54)64-45)39(59)22-33(65-48)27-62-43-23-38(58)46(60)40(26-55)66-43/h12,28-33,35-48,53-61H,7-11,13-27H2,1-6H3/t28?,29-,30-,31-,32-,33-,35?,36?,37-,38+,39-,40+,41-,42+,43+,44-,45-,46-,47+,48-,51+,52-/m0/s1. The molecule has 0 bridgehead atoms. The van der Waals surface area contributed by atoms with Crippen molar-refractivity contribution in [2.45, 2.75) is 248 Å². The van der Waals surface area contributed by atoms with Gasteiger partial charge in [-0.2, -0.15) is 0 Å². The number of hydrogen-bond acceptors (Lipinski definition) is 17. The van der Waals surface area contributed by atoms with E-state index >= 15 is 0 Å². The van der Waals surface area contributed by atoms with E-state index in [9.17, 15) is 46.0 Å². The summed E-state index contributed by atoms with van der Waals surface area (Å²) in [6, 6.07) is 0. The molecule has 9 N–H and O–H groups in total. The molecule has 17 nitrogen and oxygen atoms in total. The van der Waals surface area contributed by atoms with Gasteiger partial charge in [-0.1, -0.05) is 45.8 Å². The van der Waals surface area contributed by atoms with Crippen LogP contribution in [-0.2, 0) is 37.9 Å². The summed E-state index contributed by atoms with van der Waals surface area (Å²) in [4.78, 5) is 0. The quantitative estimate of drug-likeness (QED) is 0.0948. The van der Waals surface area contributed by atoms with E-state index in [2.05, 4.69) is 33.8 Å². The lowest BCUT2D eigenvalue weighted by Gasteiger charge is -2.62. The predicted octanol–water partition coefficient (Wildman–Crippen LogP) is 3.34. The number of fused-ring (bicyclic) bond motifs is 5. The van der Waals surface area contributed by atoms with Crippen molar-refractivity contribution < 1.29 is 83.9 Å². The van der Waals surface area contributed by atoms with E-state index in [1.54, 1.807) is 13.8 Å². The highest BCUT2D eigenvalue weighted by molar-refractivity contribution is 5.29. The number of rotatable bonds is 17. The van der Waals surface area contributed by atoms with Crippen molar-refractivity contribution in [1.82, 2.24) is 0 Å². The van der Waals surface area contributed by atoms with Gasteiger partial charge in [0.2, 0.25) is 0 Å². The maximum absolute atomic E-state index is 11.7. The van der Waals surface area contributed by atoms with Gasteiger partial charge in [-0.15, -0.1) is 0 Å². The van der Waals surface area contributed by atoms with Gasteiger partial charge < -0.3 is 83.9 Å². The molecule has 398 valence electrons. The third-order valence-corrected chi connectivity index (χ3v) is 18.7. The third-order valence-electron chi connectivity index (χ3n) is 18.7. The second kappa shape index (κ2) is 22.1. The van der Waals surface area contributed by atoms with Crippen molar-refractivity contribution in [3.8, 4) is 0 Å². The van der Waals surface area contributed by atoms with Crippen molar-refractivity contribution in [3.63, 3.8) is 0 Å². The van der Waals surface area contributed by atoms with Crippen LogP contribution in [0.1, 0.15) is 144 Å². The number of ether oxygens (including phenoxy) is 8. The minimum absolute atomic E-state index is 0.0288. The monoisotopic (exact) mass is 985 g/mol. The molecule has 0 aromatic rings. The molecule has 0 spiro atoms. The summed E-state index contributed by atoms with van der Waals surface area (Å²) >= 11 is 0. The van der Waals surface area contributed by atoms with Crippen molar-refractivity contribution in [1.29, 1.82) is 0 Å². The molecule has 0 aromatic heterocycles. The van der Waals surface area contributed by atoms with Crippen molar-refractivity contribution >= 4 is 0 Å². The minimum Gasteiger partial charge on any atom is -0.394 e. The van der Waals surface area contributed by atoms with Gasteiger partial charge in [0.1, 0.15) is 18.3 Å². The van der Waals surface area contributed by atoms with Crippen LogP contribution < -0.4 is 0 Å². The molecule has 4 saturated heterocycles. The summed E-state index contributed by atoms with van der Waals surface area (Å²) in [6.45, 7) is 12.1. The first-order chi connectivity index (χ1) is 32.7. The molecular formula is C52H88O17. The van der Waals surface area contributed by atoms with E-state index in [1.165, 1.54) is 24.8 Å². The molecule has 4 aliphatic carbocycles. The van der Waals surface area contributed by atoms with Gasteiger partial charge in [0.05, 0.1) is 87.0 Å². The van der Waals surface area contributed by atoms with E-state index in [-0.39, 0.29) is 67.9 Å². The summed E-state index contributed by atoms with van der Waals surface area (Å²) in [5.41, 5.74) is 0.394. The normalized spacial score (nSPS) is 47.4. The highest BCUT2D eigenvalue weighted by Crippen LogP contribution is 2.69. The van der Waals surface area contributed by atoms with Gasteiger partial charge in [-0.05, 0) is 106 Å². The molecule has 69 heavy (non-hydrogen) atoms. The van der Waals surface area contributed by atoms with Crippen LogP contribution in [0.15, 0.2) is 11.6 Å². The molecule has 0 aromatic carbocycles. The number of hydrogen-bond donors (Lipinski definition) is 9. The Morgan fingerprint density at radius 2 is 1.36 bits per heavy atom. The van der Waals surface area contributed by atoms with E-state index < -0.39 is 105 Å². The molecular weight excluding hydrogens is 897 g/mol. The zero-order valence-corrected chi connectivity index (χ0v) is 42.1. The second-order valence-electron chi connectivity index (χ2n) is 24.0. The second-order valence-corrected chi connectivity index (χ2v) is 24.0. The fraction of sp³-hybridized carbons (Fsp3) is 0.962. The lowest BCUT2D eigenvalue weighted by atomic mass is 9.43. The molecule has 22 atom stereocenters. The van der Waals surface area contributed by atoms with E-state index in [1.807, 2.05) is 0 Å². The number of aliphatic hydroxyl groups excluding tert-OH is 8. The van der Waals surface area contributed by atoms with Gasteiger partial charge in [-0.25, -0.2) is 0 Å². The Morgan fingerprint density at radius 3 is 2.01 bits per heavy atom. The van der Waals surface area contributed by atoms with Crippen LogP contribution in [0.5, 0.6) is 0 Å². The summed E-state index contributed by atoms with van der Waals surface area (Å²) in [5.74, 6) is 2.18. The molecule has 4 heterocycles. The van der Waals surface area contributed by atoms with Crippen LogP contribution in [0.3, 0.4) is 0 Å². The zero-order chi connectivity index (χ0) is 49.6. The highest BCUT2D eigenvalue weighted by atomic mass is 16.8. The van der Waals surface area contributed by atoms with Crippen molar-refractivity contribution in [2.24, 2.45) is 39.9 Å². The van der Waals surface area contributed by atoms with Crippen LogP contribution in [-0.4, -0.2) is 176 Å². The van der Waals surface area contributed by atoms with Crippen LogP contribution in [0.4, 0.5) is 0 Å². The average molecular weight is 985 g/mol. The Hall–Kier alpha value is -0.940. The van der Waals surface area contributed by atoms with Gasteiger partial charge in [0, 0.05) is 43.9 Å². The van der Waals surface area contributed by atoms with Gasteiger partial charge >= 0.3 is 0 Å². The molecule has 3 unspecified atom stereocenters. The highest BCUT2D eigenvalue weighted by Gasteiger charge is 2.62. The van der Waals surface area contributed by atoms with E-state index in [0.29, 0.717) is 42.9 Å². The molecule has 7 fully saturated rings. The predicted molar refractivity (Wildman–Crippen MR) is 249 cm³/mol. The summed E-state index contributed by atoms with van der Waals surface area (Å²) in [7, 11) is 0. The Bertz CT molecular complexity index is 1690. The first kappa shape index (κ1) is 54.3. The maximum atomic E-state index is 11.7. The molecule has 0 radical (unpaired) electrons. The zero-order valence-electron chi connectivity index (χ0n) is 42.1. The molecule has 17 heteroatoms. The molecule has 0 amide bonds. The lowest BCUT2D eigenvalue weighted by molar-refractivity contribution is -0.346. The van der Waals surface area contributed by atoms with Crippen LogP contribution in [0.2, 0.25) is 0 Å². The van der Waals surface area contributed by atoms with Crippen molar-refractivity contribution in [3.05, 3.63) is 11.6 Å². The Balaban J connectivity index is 0.910. The first-order valence-electron chi connectivity index (χ1n) is 26.5. The fourth-order valence-electron chi connectivity index (χ4n) is 14.6. The Kier molecular flexibility index (Phi) is 17.4. The third kappa shape index (κ3) is 11.7. The number of aliphatic hydroxyl groups is 9. The molecule has 8 aliphatic rings. The molecule has 4 aliphatic heterocycles. The lowest BCUT2D eigenvalue weighted by Crippen LogP contribution is -2.57. The SMILES string of the molecule is CC(C)(O)[C@@H](CCCC1CCC2[C@@H]3CC=C4C(CC[C@H](O[C@H]5C[C@@H](O)C[C@@H](CO)O5)C4(C)C)[C@]3(C)CC[C@]12C)O[C@@H]1O[C@H](CO[C@H]2C[C@@H](O)[C@H](O)[C@@H](CO)O2)C[C@H](O)[C@H]1O[C@H]1C[C@@H](O)C[C@@H](CO)O1. The smallest absolute Gasteiger partial charge is 0.187 e. The van der Waals surface area contributed by atoms with Crippen molar-refractivity contribution in [2.75, 3.05) is 26.4 Å². The topological polar surface area (TPSA) is 256 Å². The van der Waals surface area contributed by atoms with Crippen LogP contribution in [0, 0.1) is 39.9 Å². The largest absolute Gasteiger partial charge is 0.394 e. The Morgan fingerprint density at radius 1 is 0.696 bits per heavy atom. The van der Waals surface area contributed by atoms with E-state index in [4.69, 9.17) is 37.9 Å². The van der Waals surface area contributed by atoms with E-state index in [0.717, 1.165) is 38.5 Å². The summed E-state index contributed by atoms with van der Waals surface area (Å²) in [5, 5.41) is 94.2. The molecule has 3 saturated carbocycles. The minimum atomic E-state index is -1.31. The Labute approximate surface area is 409 Å². The maximum Gasteiger partial charge on any atom is 0.187 e. The van der Waals surface area contributed by atoms with Gasteiger partial charge in [0.25, 0.3) is 0 Å². The fourth-order valence-corrected chi connectivity index (χ4v) is 14.6. The summed E-state index contributed by atoms with van der Waals surface area (Å²) in [6.07, 6.45) is 0.721. The average Bonchev–Trinajstić information content (AvgIpc) is 3.62. The first-order valence-corrected chi connectivity index (χ1v) is 26.5. The van der Waals surface area contributed by atoms with Gasteiger partial charge in [-0.3, -0.25) is 0 Å². The summed E-state index contributed by atoms with van der Waals surface area (Å²) < 4.78 is 49.7. The van der Waals surface area contributed by atoms with Gasteiger partial charge in [0.15, 0.2) is 25.2 Å². The van der Waals surface area contributed by atoms with Crippen LogP contribution >= 0.6 is 0 Å². The van der Waals surface area contributed by atoms with Crippen LogP contribution in [0.25, 0.3) is 0 Å².